The summed E-state index contributed by atoms with van der Waals surface area (Å²) >= 11 is 0. The topological polar surface area (TPSA) is 112 Å². The second kappa shape index (κ2) is 5.59. The van der Waals surface area contributed by atoms with Crippen LogP contribution >= 0.6 is 0 Å². The second-order valence-corrected chi connectivity index (χ2v) is 4.01. The SMILES string of the molecule is COc1cc(C(NN)c2c(C)ccnc2N)ncn1. The van der Waals surface area contributed by atoms with E-state index >= 15 is 0 Å². The molecule has 2 aromatic rings. The Morgan fingerprint density at radius 1 is 1.32 bits per heavy atom. The van der Waals surface area contributed by atoms with Crippen LogP contribution in [-0.2, 0) is 0 Å². The Hall–Kier alpha value is -2.25. The smallest absolute Gasteiger partial charge is 0.216 e. The van der Waals surface area contributed by atoms with Gasteiger partial charge in [0.05, 0.1) is 18.8 Å². The molecule has 100 valence electrons. The number of pyridine rings is 1. The Bertz CT molecular complexity index is 554. The molecule has 2 heterocycles. The molecule has 2 aromatic heterocycles. The van der Waals surface area contributed by atoms with E-state index in [0.29, 0.717) is 17.4 Å². The molecule has 0 aliphatic rings. The predicted molar refractivity (Wildman–Crippen MR) is 71.1 cm³/mol. The third kappa shape index (κ3) is 2.61. The average molecular weight is 260 g/mol. The van der Waals surface area contributed by atoms with Gasteiger partial charge in [-0.25, -0.2) is 20.4 Å². The fraction of sp³-hybridized carbons (Fsp3) is 0.250. The molecule has 0 spiro atoms. The Balaban J connectivity index is 2.50. The van der Waals surface area contributed by atoms with Crippen LogP contribution in [0.3, 0.4) is 0 Å². The molecule has 0 aromatic carbocycles. The van der Waals surface area contributed by atoms with Gasteiger partial charge >= 0.3 is 0 Å². The van der Waals surface area contributed by atoms with Crippen molar-refractivity contribution >= 4 is 5.82 Å². The number of aromatic nitrogens is 3. The molecule has 0 fully saturated rings. The van der Waals surface area contributed by atoms with Crippen molar-refractivity contribution in [1.82, 2.24) is 20.4 Å². The summed E-state index contributed by atoms with van der Waals surface area (Å²) in [5.41, 5.74) is 11.1. The summed E-state index contributed by atoms with van der Waals surface area (Å²) < 4.78 is 5.08. The van der Waals surface area contributed by atoms with Crippen LogP contribution < -0.4 is 21.7 Å². The van der Waals surface area contributed by atoms with Crippen molar-refractivity contribution in [1.29, 1.82) is 0 Å². The molecule has 0 amide bonds. The van der Waals surface area contributed by atoms with Crippen LogP contribution in [0, 0.1) is 6.92 Å². The van der Waals surface area contributed by atoms with Crippen molar-refractivity contribution in [3.05, 3.63) is 41.5 Å². The zero-order valence-electron chi connectivity index (χ0n) is 10.8. The van der Waals surface area contributed by atoms with Gasteiger partial charge in [-0.15, -0.1) is 0 Å². The summed E-state index contributed by atoms with van der Waals surface area (Å²) in [6.07, 6.45) is 3.07. The largest absolute Gasteiger partial charge is 0.481 e. The number of nitrogens with one attached hydrogen (secondary N) is 1. The molecule has 0 saturated carbocycles. The van der Waals surface area contributed by atoms with Gasteiger partial charge in [-0.05, 0) is 18.6 Å². The van der Waals surface area contributed by atoms with E-state index in [-0.39, 0.29) is 6.04 Å². The third-order valence-corrected chi connectivity index (χ3v) is 2.86. The summed E-state index contributed by atoms with van der Waals surface area (Å²) in [6, 6.07) is 3.20. The zero-order chi connectivity index (χ0) is 13.8. The average Bonchev–Trinajstić information content (AvgIpc) is 2.43. The van der Waals surface area contributed by atoms with Gasteiger partial charge in [-0.2, -0.15) is 0 Å². The van der Waals surface area contributed by atoms with Crippen molar-refractivity contribution in [3.63, 3.8) is 0 Å². The molecule has 7 heteroatoms. The molecular formula is C12H16N6O. The van der Waals surface area contributed by atoms with Crippen LogP contribution in [0.5, 0.6) is 5.88 Å². The summed E-state index contributed by atoms with van der Waals surface area (Å²) in [5, 5.41) is 0. The first-order chi connectivity index (χ1) is 9.17. The van der Waals surface area contributed by atoms with E-state index in [9.17, 15) is 0 Å². The quantitative estimate of drug-likeness (QED) is 0.536. The molecular weight excluding hydrogens is 244 g/mol. The number of rotatable bonds is 4. The van der Waals surface area contributed by atoms with Gasteiger partial charge < -0.3 is 10.5 Å². The van der Waals surface area contributed by atoms with E-state index in [1.807, 2.05) is 13.0 Å². The van der Waals surface area contributed by atoms with Crippen LogP contribution in [0.2, 0.25) is 0 Å². The number of aryl methyl sites for hydroxylation is 1. The van der Waals surface area contributed by atoms with Crippen molar-refractivity contribution in [2.24, 2.45) is 5.84 Å². The van der Waals surface area contributed by atoms with Gasteiger partial charge in [0, 0.05) is 17.8 Å². The highest BCUT2D eigenvalue weighted by atomic mass is 16.5. The molecule has 5 N–H and O–H groups in total. The van der Waals surface area contributed by atoms with Crippen LogP contribution in [0.25, 0.3) is 0 Å². The van der Waals surface area contributed by atoms with Gasteiger partial charge in [0.1, 0.15) is 12.1 Å². The molecule has 19 heavy (non-hydrogen) atoms. The number of ether oxygens (including phenoxy) is 1. The Morgan fingerprint density at radius 3 is 2.74 bits per heavy atom. The maximum Gasteiger partial charge on any atom is 0.216 e. The maximum absolute atomic E-state index is 5.92. The lowest BCUT2D eigenvalue weighted by molar-refractivity contribution is 0.395. The number of hydrazine groups is 1. The first-order valence-corrected chi connectivity index (χ1v) is 5.70. The van der Waals surface area contributed by atoms with Crippen LogP contribution in [0.4, 0.5) is 5.82 Å². The van der Waals surface area contributed by atoms with Crippen LogP contribution in [0.1, 0.15) is 22.9 Å². The first kappa shape index (κ1) is 13.2. The highest BCUT2D eigenvalue weighted by Crippen LogP contribution is 2.27. The molecule has 0 radical (unpaired) electrons. The van der Waals surface area contributed by atoms with Crippen molar-refractivity contribution in [2.75, 3.05) is 12.8 Å². The summed E-state index contributed by atoms with van der Waals surface area (Å²) in [5.74, 6) is 6.51. The Kier molecular flexibility index (Phi) is 3.88. The lowest BCUT2D eigenvalue weighted by Crippen LogP contribution is -2.31. The van der Waals surface area contributed by atoms with Gasteiger partial charge in [-0.3, -0.25) is 5.84 Å². The molecule has 2 rings (SSSR count). The summed E-state index contributed by atoms with van der Waals surface area (Å²) in [4.78, 5) is 12.2. The van der Waals surface area contributed by atoms with E-state index in [1.54, 1.807) is 19.4 Å². The van der Waals surface area contributed by atoms with Crippen molar-refractivity contribution < 1.29 is 4.74 Å². The molecule has 0 aliphatic heterocycles. The molecule has 0 bridgehead atoms. The molecule has 1 atom stereocenters. The number of nitrogens with zero attached hydrogens (tertiary/aromatic N) is 3. The maximum atomic E-state index is 5.92. The first-order valence-electron chi connectivity index (χ1n) is 5.70. The number of nitrogen functional groups attached to an aromatic ring is 1. The number of methoxy groups -OCH3 is 1. The number of anilines is 1. The highest BCUT2D eigenvalue weighted by molar-refractivity contribution is 5.49. The van der Waals surface area contributed by atoms with Gasteiger partial charge in [0.2, 0.25) is 5.88 Å². The van der Waals surface area contributed by atoms with Gasteiger partial charge in [-0.1, -0.05) is 0 Å². The summed E-state index contributed by atoms with van der Waals surface area (Å²) in [7, 11) is 1.54. The number of hydrogen-bond donors (Lipinski definition) is 3. The normalized spacial score (nSPS) is 12.2. The fourth-order valence-corrected chi connectivity index (χ4v) is 1.91. The zero-order valence-corrected chi connectivity index (χ0v) is 10.8. The van der Waals surface area contributed by atoms with Gasteiger partial charge in [0.25, 0.3) is 0 Å². The minimum atomic E-state index is -0.370. The molecule has 0 saturated heterocycles. The van der Waals surface area contributed by atoms with Crippen molar-refractivity contribution in [3.8, 4) is 5.88 Å². The van der Waals surface area contributed by atoms with E-state index in [1.165, 1.54) is 6.33 Å². The van der Waals surface area contributed by atoms with E-state index in [0.717, 1.165) is 11.1 Å². The Labute approximate surface area is 111 Å². The summed E-state index contributed by atoms with van der Waals surface area (Å²) in [6.45, 7) is 1.94. The van der Waals surface area contributed by atoms with Crippen molar-refractivity contribution in [2.45, 2.75) is 13.0 Å². The second-order valence-electron chi connectivity index (χ2n) is 4.01. The van der Waals surface area contributed by atoms with E-state index in [2.05, 4.69) is 20.4 Å². The molecule has 1 unspecified atom stereocenters. The minimum absolute atomic E-state index is 0.370. The van der Waals surface area contributed by atoms with Crippen LogP contribution in [-0.4, -0.2) is 22.1 Å². The Morgan fingerprint density at radius 2 is 2.11 bits per heavy atom. The molecule has 0 aliphatic carbocycles. The van der Waals surface area contributed by atoms with Gasteiger partial charge in [0.15, 0.2) is 0 Å². The predicted octanol–water partition coefficient (Wildman–Crippen LogP) is 0.324. The fourth-order valence-electron chi connectivity index (χ4n) is 1.91. The van der Waals surface area contributed by atoms with E-state index < -0.39 is 0 Å². The lowest BCUT2D eigenvalue weighted by Gasteiger charge is -2.19. The van der Waals surface area contributed by atoms with Crippen LogP contribution in [0.15, 0.2) is 24.7 Å². The third-order valence-electron chi connectivity index (χ3n) is 2.86. The van der Waals surface area contributed by atoms with E-state index in [4.69, 9.17) is 16.3 Å². The highest BCUT2D eigenvalue weighted by Gasteiger charge is 2.20. The number of hydrogen-bond acceptors (Lipinski definition) is 7. The monoisotopic (exact) mass is 260 g/mol. The standard InChI is InChI=1S/C12H16N6O/c1-7-3-4-15-12(13)10(7)11(18-14)8-5-9(19-2)17-6-16-8/h3-6,11,18H,14H2,1-2H3,(H2,13,15). The molecule has 7 nitrogen and oxygen atoms in total. The minimum Gasteiger partial charge on any atom is -0.481 e. The lowest BCUT2D eigenvalue weighted by atomic mass is 10.00. The number of nitrogens with two attached hydrogens (primary N) is 2.